The molecule has 0 unspecified atom stereocenters. The quantitative estimate of drug-likeness (QED) is 0.853. The second kappa shape index (κ2) is 4.28. The highest BCUT2D eigenvalue weighted by Gasteiger charge is 2.24. The number of aromatic nitrogens is 1. The molecule has 4 heteroatoms. The molecular formula is C10H13BrN2O. The van der Waals surface area contributed by atoms with Crippen LogP contribution in [0.5, 0.6) is 0 Å². The van der Waals surface area contributed by atoms with Gasteiger partial charge < -0.3 is 10.4 Å². The second-order valence-electron chi connectivity index (χ2n) is 3.61. The topological polar surface area (TPSA) is 45.1 Å². The van der Waals surface area contributed by atoms with Crippen LogP contribution in [0.4, 0.5) is 5.82 Å². The highest BCUT2D eigenvalue weighted by molar-refractivity contribution is 9.10. The number of pyridine rings is 1. The summed E-state index contributed by atoms with van der Waals surface area (Å²) >= 11 is 3.33. The SMILES string of the molecule is O[C@H]1CCC[C@H]1Nc1ccc(Br)cn1. The zero-order valence-electron chi connectivity index (χ0n) is 7.78. The van der Waals surface area contributed by atoms with Crippen molar-refractivity contribution >= 4 is 21.7 Å². The first-order chi connectivity index (χ1) is 6.75. The third kappa shape index (κ3) is 2.25. The summed E-state index contributed by atoms with van der Waals surface area (Å²) in [4.78, 5) is 4.21. The van der Waals surface area contributed by atoms with Crippen LogP contribution in [0.25, 0.3) is 0 Å². The maximum Gasteiger partial charge on any atom is 0.126 e. The standard InChI is InChI=1S/C10H13BrN2O/c11-7-4-5-10(12-6-7)13-8-2-1-3-9(8)14/h4-6,8-9,14H,1-3H2,(H,12,13)/t8-,9+/m1/s1. The maximum atomic E-state index is 9.61. The van der Waals surface area contributed by atoms with Gasteiger partial charge in [0.25, 0.3) is 0 Å². The van der Waals surface area contributed by atoms with Crippen molar-refractivity contribution in [2.45, 2.75) is 31.4 Å². The Balaban J connectivity index is 2.00. The number of nitrogens with zero attached hydrogens (tertiary/aromatic N) is 1. The van der Waals surface area contributed by atoms with Crippen molar-refractivity contribution in [2.75, 3.05) is 5.32 Å². The average Bonchev–Trinajstić information content (AvgIpc) is 2.56. The van der Waals surface area contributed by atoms with Crippen molar-refractivity contribution in [2.24, 2.45) is 0 Å². The zero-order valence-corrected chi connectivity index (χ0v) is 9.37. The Kier molecular flexibility index (Phi) is 3.03. The molecule has 0 spiro atoms. The highest BCUT2D eigenvalue weighted by Crippen LogP contribution is 2.22. The van der Waals surface area contributed by atoms with Crippen LogP contribution in [-0.4, -0.2) is 22.2 Å². The number of aliphatic hydroxyl groups excluding tert-OH is 1. The van der Waals surface area contributed by atoms with E-state index in [0.717, 1.165) is 29.6 Å². The number of nitrogens with one attached hydrogen (secondary N) is 1. The number of rotatable bonds is 2. The lowest BCUT2D eigenvalue weighted by atomic mass is 10.2. The monoisotopic (exact) mass is 256 g/mol. The second-order valence-corrected chi connectivity index (χ2v) is 4.53. The molecule has 0 aromatic carbocycles. The number of hydrogen-bond acceptors (Lipinski definition) is 3. The molecule has 0 bridgehead atoms. The van der Waals surface area contributed by atoms with Crippen molar-refractivity contribution in [1.29, 1.82) is 0 Å². The minimum absolute atomic E-state index is 0.170. The van der Waals surface area contributed by atoms with Gasteiger partial charge in [0.05, 0.1) is 12.1 Å². The molecule has 3 nitrogen and oxygen atoms in total. The molecule has 2 N–H and O–H groups in total. The van der Waals surface area contributed by atoms with Crippen LogP contribution in [-0.2, 0) is 0 Å². The molecule has 0 amide bonds. The number of halogens is 1. The van der Waals surface area contributed by atoms with E-state index in [2.05, 4.69) is 26.2 Å². The predicted molar refractivity (Wildman–Crippen MR) is 59.2 cm³/mol. The van der Waals surface area contributed by atoms with Crippen LogP contribution in [0.1, 0.15) is 19.3 Å². The Labute approximate surface area is 91.7 Å². The first-order valence-electron chi connectivity index (χ1n) is 4.82. The summed E-state index contributed by atoms with van der Waals surface area (Å²) in [6, 6.07) is 4.02. The van der Waals surface area contributed by atoms with Crippen LogP contribution in [0.2, 0.25) is 0 Å². The number of hydrogen-bond donors (Lipinski definition) is 2. The van der Waals surface area contributed by atoms with E-state index in [9.17, 15) is 5.11 Å². The van der Waals surface area contributed by atoms with E-state index in [-0.39, 0.29) is 12.1 Å². The predicted octanol–water partition coefficient (Wildman–Crippen LogP) is 2.17. The average molecular weight is 257 g/mol. The summed E-state index contributed by atoms with van der Waals surface area (Å²) < 4.78 is 0.968. The van der Waals surface area contributed by atoms with Crippen molar-refractivity contribution in [3.63, 3.8) is 0 Å². The maximum absolute atomic E-state index is 9.61. The molecule has 1 fully saturated rings. The van der Waals surface area contributed by atoms with Gasteiger partial charge in [0, 0.05) is 10.7 Å². The van der Waals surface area contributed by atoms with E-state index in [4.69, 9.17) is 0 Å². The van der Waals surface area contributed by atoms with E-state index >= 15 is 0 Å². The molecular weight excluding hydrogens is 244 g/mol. The van der Waals surface area contributed by atoms with Crippen molar-refractivity contribution < 1.29 is 5.11 Å². The third-order valence-electron chi connectivity index (χ3n) is 2.54. The lowest BCUT2D eigenvalue weighted by molar-refractivity contribution is 0.171. The molecule has 0 radical (unpaired) electrons. The van der Waals surface area contributed by atoms with Gasteiger partial charge in [-0.15, -0.1) is 0 Å². The minimum atomic E-state index is -0.222. The molecule has 14 heavy (non-hydrogen) atoms. The molecule has 1 saturated carbocycles. The van der Waals surface area contributed by atoms with E-state index < -0.39 is 0 Å². The van der Waals surface area contributed by atoms with Gasteiger partial charge in [0.15, 0.2) is 0 Å². The molecule has 1 aromatic heterocycles. The molecule has 2 atom stereocenters. The van der Waals surface area contributed by atoms with Crippen molar-refractivity contribution in [1.82, 2.24) is 4.98 Å². The first kappa shape index (κ1) is 9.93. The Morgan fingerprint density at radius 3 is 2.86 bits per heavy atom. The molecule has 1 aliphatic carbocycles. The zero-order chi connectivity index (χ0) is 9.97. The van der Waals surface area contributed by atoms with E-state index in [1.165, 1.54) is 0 Å². The number of aliphatic hydroxyl groups is 1. The van der Waals surface area contributed by atoms with Gasteiger partial charge >= 0.3 is 0 Å². The lowest BCUT2D eigenvalue weighted by Gasteiger charge is -2.16. The van der Waals surface area contributed by atoms with Crippen molar-refractivity contribution in [3.05, 3.63) is 22.8 Å². The van der Waals surface area contributed by atoms with E-state index in [0.29, 0.717) is 0 Å². The highest BCUT2D eigenvalue weighted by atomic mass is 79.9. The fourth-order valence-electron chi connectivity index (χ4n) is 1.76. The van der Waals surface area contributed by atoms with Gasteiger partial charge in [-0.25, -0.2) is 4.98 Å². The molecule has 1 heterocycles. The fraction of sp³-hybridized carbons (Fsp3) is 0.500. The normalized spacial score (nSPS) is 26.4. The van der Waals surface area contributed by atoms with E-state index in [1.807, 2.05) is 12.1 Å². The Morgan fingerprint density at radius 2 is 2.29 bits per heavy atom. The summed E-state index contributed by atoms with van der Waals surface area (Å²) in [5.41, 5.74) is 0. The van der Waals surface area contributed by atoms with Crippen LogP contribution in [0.15, 0.2) is 22.8 Å². The molecule has 1 aromatic rings. The van der Waals surface area contributed by atoms with Gasteiger partial charge in [-0.05, 0) is 47.3 Å². The summed E-state index contributed by atoms with van der Waals surface area (Å²) in [6.45, 7) is 0. The molecule has 76 valence electrons. The summed E-state index contributed by atoms with van der Waals surface area (Å²) in [7, 11) is 0. The minimum Gasteiger partial charge on any atom is -0.391 e. The van der Waals surface area contributed by atoms with Gasteiger partial charge in [0.1, 0.15) is 5.82 Å². The molecule has 0 aliphatic heterocycles. The molecule has 2 rings (SSSR count). The lowest BCUT2D eigenvalue weighted by Crippen LogP contribution is -2.28. The molecule has 0 saturated heterocycles. The van der Waals surface area contributed by atoms with Crippen LogP contribution in [0, 0.1) is 0 Å². The fourth-order valence-corrected chi connectivity index (χ4v) is 1.99. The Morgan fingerprint density at radius 1 is 1.43 bits per heavy atom. The smallest absolute Gasteiger partial charge is 0.126 e. The third-order valence-corrected chi connectivity index (χ3v) is 3.01. The summed E-state index contributed by atoms with van der Waals surface area (Å²) in [5, 5.41) is 12.8. The van der Waals surface area contributed by atoms with Gasteiger partial charge in [-0.2, -0.15) is 0 Å². The van der Waals surface area contributed by atoms with Gasteiger partial charge in [0.2, 0.25) is 0 Å². The Bertz CT molecular complexity index is 301. The van der Waals surface area contributed by atoms with E-state index in [1.54, 1.807) is 6.20 Å². The largest absolute Gasteiger partial charge is 0.391 e. The summed E-state index contributed by atoms with van der Waals surface area (Å²) in [5.74, 6) is 0.833. The van der Waals surface area contributed by atoms with Gasteiger partial charge in [-0.3, -0.25) is 0 Å². The van der Waals surface area contributed by atoms with Crippen LogP contribution >= 0.6 is 15.9 Å². The van der Waals surface area contributed by atoms with Crippen LogP contribution < -0.4 is 5.32 Å². The van der Waals surface area contributed by atoms with Crippen LogP contribution in [0.3, 0.4) is 0 Å². The summed E-state index contributed by atoms with van der Waals surface area (Å²) in [6.07, 6.45) is 4.55. The first-order valence-corrected chi connectivity index (χ1v) is 5.61. The van der Waals surface area contributed by atoms with Crippen molar-refractivity contribution in [3.8, 4) is 0 Å². The molecule has 1 aliphatic rings. The number of anilines is 1. The Hall–Kier alpha value is -0.610. The van der Waals surface area contributed by atoms with Gasteiger partial charge in [-0.1, -0.05) is 0 Å².